The first-order valence-corrected chi connectivity index (χ1v) is 4.68. The maximum Gasteiger partial charge on any atom is -0.0127 e. The van der Waals surface area contributed by atoms with E-state index in [1.54, 1.807) is 11.1 Å². The van der Waals surface area contributed by atoms with Crippen LogP contribution in [-0.2, 0) is 0 Å². The Morgan fingerprint density at radius 2 is 2.09 bits per heavy atom. The smallest absolute Gasteiger partial charge is 0.0127 e. The second kappa shape index (κ2) is 2.51. The molecule has 2 aliphatic rings. The van der Waals surface area contributed by atoms with Gasteiger partial charge in [0, 0.05) is 0 Å². The van der Waals surface area contributed by atoms with Crippen LogP contribution in [0.2, 0.25) is 0 Å². The van der Waals surface area contributed by atoms with Crippen LogP contribution in [-0.4, -0.2) is 0 Å². The molecule has 0 spiro atoms. The van der Waals surface area contributed by atoms with E-state index < -0.39 is 0 Å². The molecule has 0 radical (unpaired) electrons. The van der Waals surface area contributed by atoms with Crippen LogP contribution in [0, 0.1) is 11.8 Å². The average Bonchev–Trinajstić information content (AvgIpc) is 2.68. The quantitative estimate of drug-likeness (QED) is 0.563. The molecule has 60 valence electrons. The van der Waals surface area contributed by atoms with Crippen LogP contribution in [0.4, 0.5) is 0 Å². The third-order valence-electron chi connectivity index (χ3n) is 2.72. The standard InChI is InChI=1S/C11H16/c1-8(2)10-5-6-11(7-10)9-3-4-9/h6-9H,3-5H2,1-2H3. The zero-order chi connectivity index (χ0) is 7.84. The molecular weight excluding hydrogens is 132 g/mol. The molecule has 0 heterocycles. The molecule has 0 heteroatoms. The first-order valence-electron chi connectivity index (χ1n) is 4.68. The molecule has 0 aromatic rings. The van der Waals surface area contributed by atoms with Crippen LogP contribution >= 0.6 is 0 Å². The number of hydrogen-bond acceptors (Lipinski definition) is 0. The van der Waals surface area contributed by atoms with Crippen LogP contribution in [0.1, 0.15) is 33.1 Å². The van der Waals surface area contributed by atoms with E-state index in [9.17, 15) is 0 Å². The summed E-state index contributed by atoms with van der Waals surface area (Å²) in [5.74, 6) is 1.70. The second-order valence-electron chi connectivity index (χ2n) is 4.06. The minimum atomic E-state index is 0.752. The lowest BCUT2D eigenvalue weighted by atomic mass is 10.0. The Kier molecular flexibility index (Phi) is 1.63. The Morgan fingerprint density at radius 1 is 1.36 bits per heavy atom. The Morgan fingerprint density at radius 3 is 2.55 bits per heavy atom. The van der Waals surface area contributed by atoms with Crippen LogP contribution < -0.4 is 0 Å². The summed E-state index contributed by atoms with van der Waals surface area (Å²) in [7, 11) is 0. The van der Waals surface area contributed by atoms with Crippen LogP contribution in [0.25, 0.3) is 0 Å². The van der Waals surface area contributed by atoms with Gasteiger partial charge in [0.2, 0.25) is 0 Å². The highest BCUT2D eigenvalue weighted by molar-refractivity contribution is 5.37. The van der Waals surface area contributed by atoms with E-state index in [2.05, 4.69) is 26.0 Å². The molecule has 0 aromatic heterocycles. The molecule has 2 rings (SSSR count). The summed E-state index contributed by atoms with van der Waals surface area (Å²) in [6, 6.07) is 0. The number of rotatable bonds is 2. The van der Waals surface area contributed by atoms with E-state index in [-0.39, 0.29) is 0 Å². The first kappa shape index (κ1) is 7.15. The summed E-state index contributed by atoms with van der Waals surface area (Å²) < 4.78 is 0. The van der Waals surface area contributed by atoms with E-state index in [0.717, 1.165) is 11.8 Å². The molecule has 0 saturated heterocycles. The second-order valence-corrected chi connectivity index (χ2v) is 4.06. The van der Waals surface area contributed by atoms with Gasteiger partial charge < -0.3 is 0 Å². The zero-order valence-corrected chi connectivity index (χ0v) is 7.43. The van der Waals surface area contributed by atoms with Gasteiger partial charge in [0.05, 0.1) is 0 Å². The van der Waals surface area contributed by atoms with Crippen molar-refractivity contribution in [2.45, 2.75) is 33.1 Å². The number of allylic oxidation sites excluding steroid dienone is 4. The minimum Gasteiger partial charge on any atom is -0.0769 e. The first-order chi connectivity index (χ1) is 5.27. The zero-order valence-electron chi connectivity index (χ0n) is 7.43. The summed E-state index contributed by atoms with van der Waals surface area (Å²) >= 11 is 0. The topological polar surface area (TPSA) is 0 Å². The van der Waals surface area contributed by atoms with Crippen LogP contribution in [0.3, 0.4) is 0 Å². The van der Waals surface area contributed by atoms with E-state index in [1.807, 2.05) is 0 Å². The third-order valence-corrected chi connectivity index (χ3v) is 2.72. The van der Waals surface area contributed by atoms with Gasteiger partial charge in [-0.05, 0) is 36.7 Å². The average molecular weight is 148 g/mol. The lowest BCUT2D eigenvalue weighted by Crippen LogP contribution is -1.88. The van der Waals surface area contributed by atoms with E-state index in [0.29, 0.717) is 0 Å². The maximum atomic E-state index is 2.43. The van der Waals surface area contributed by atoms with Gasteiger partial charge in [0.1, 0.15) is 0 Å². The van der Waals surface area contributed by atoms with Crippen LogP contribution in [0.15, 0.2) is 23.3 Å². The normalized spacial score (nSPS) is 23.9. The predicted octanol–water partition coefficient (Wildman–Crippen LogP) is 3.31. The third kappa shape index (κ3) is 1.40. The summed E-state index contributed by atoms with van der Waals surface area (Å²) in [4.78, 5) is 0. The van der Waals surface area contributed by atoms with Gasteiger partial charge in [-0.3, -0.25) is 0 Å². The van der Waals surface area contributed by atoms with Crippen molar-refractivity contribution < 1.29 is 0 Å². The molecule has 0 nitrogen and oxygen atoms in total. The molecule has 0 aromatic carbocycles. The highest BCUT2D eigenvalue weighted by Gasteiger charge is 2.26. The van der Waals surface area contributed by atoms with Crippen molar-refractivity contribution in [1.29, 1.82) is 0 Å². The predicted molar refractivity (Wildman–Crippen MR) is 48.3 cm³/mol. The van der Waals surface area contributed by atoms with Crippen molar-refractivity contribution in [3.8, 4) is 0 Å². The van der Waals surface area contributed by atoms with Crippen molar-refractivity contribution in [2.24, 2.45) is 11.8 Å². The molecule has 0 amide bonds. The van der Waals surface area contributed by atoms with Crippen molar-refractivity contribution >= 4 is 0 Å². The van der Waals surface area contributed by atoms with Gasteiger partial charge in [-0.2, -0.15) is 0 Å². The minimum absolute atomic E-state index is 0.752. The lowest BCUT2D eigenvalue weighted by Gasteiger charge is -2.03. The highest BCUT2D eigenvalue weighted by Crippen LogP contribution is 2.41. The molecule has 0 unspecified atom stereocenters. The van der Waals surface area contributed by atoms with Gasteiger partial charge in [-0.15, -0.1) is 0 Å². The van der Waals surface area contributed by atoms with Crippen molar-refractivity contribution in [3.05, 3.63) is 23.3 Å². The summed E-state index contributed by atoms with van der Waals surface area (Å²) in [6.45, 7) is 4.57. The van der Waals surface area contributed by atoms with Gasteiger partial charge in [0.25, 0.3) is 0 Å². The van der Waals surface area contributed by atoms with Crippen molar-refractivity contribution in [2.75, 3.05) is 0 Å². The Labute approximate surface area is 69.0 Å². The molecule has 2 aliphatic carbocycles. The molecule has 0 aliphatic heterocycles. The van der Waals surface area contributed by atoms with Crippen molar-refractivity contribution in [1.82, 2.24) is 0 Å². The SMILES string of the molecule is CC(C)C1=CC(C2CC2)=CC1. The monoisotopic (exact) mass is 148 g/mol. The van der Waals surface area contributed by atoms with Crippen molar-refractivity contribution in [3.63, 3.8) is 0 Å². The maximum absolute atomic E-state index is 2.43. The molecule has 1 fully saturated rings. The Balaban J connectivity index is 2.04. The molecule has 0 bridgehead atoms. The van der Waals surface area contributed by atoms with Gasteiger partial charge in [-0.1, -0.05) is 31.6 Å². The fourth-order valence-corrected chi connectivity index (χ4v) is 1.67. The highest BCUT2D eigenvalue weighted by atomic mass is 14.3. The molecular formula is C11H16. The fourth-order valence-electron chi connectivity index (χ4n) is 1.67. The number of hydrogen-bond donors (Lipinski definition) is 0. The van der Waals surface area contributed by atoms with Gasteiger partial charge >= 0.3 is 0 Å². The molecule has 0 atom stereocenters. The Hall–Kier alpha value is -0.520. The van der Waals surface area contributed by atoms with Gasteiger partial charge in [0.15, 0.2) is 0 Å². The molecule has 11 heavy (non-hydrogen) atoms. The van der Waals surface area contributed by atoms with Gasteiger partial charge in [-0.25, -0.2) is 0 Å². The largest absolute Gasteiger partial charge is 0.0769 e. The van der Waals surface area contributed by atoms with E-state index in [4.69, 9.17) is 0 Å². The summed E-state index contributed by atoms with van der Waals surface area (Å²) in [5, 5.41) is 0. The summed E-state index contributed by atoms with van der Waals surface area (Å²) in [5.41, 5.74) is 3.26. The molecule has 1 saturated carbocycles. The summed E-state index contributed by atoms with van der Waals surface area (Å²) in [6.07, 6.45) is 8.96. The van der Waals surface area contributed by atoms with E-state index >= 15 is 0 Å². The Bertz CT molecular complexity index is 214. The van der Waals surface area contributed by atoms with E-state index in [1.165, 1.54) is 19.3 Å². The van der Waals surface area contributed by atoms with Crippen LogP contribution in [0.5, 0.6) is 0 Å². The fraction of sp³-hybridized carbons (Fsp3) is 0.636. The lowest BCUT2D eigenvalue weighted by molar-refractivity contribution is 0.753. The molecule has 0 N–H and O–H groups in total.